The summed E-state index contributed by atoms with van der Waals surface area (Å²) in [7, 11) is -3.59. The van der Waals surface area contributed by atoms with Crippen LogP contribution in [0.1, 0.15) is 18.4 Å². The fraction of sp³-hybridized carbons (Fsp3) is 0.296. The number of carbonyl (C=O) groups is 1. The molecule has 5 nitrogen and oxygen atoms in total. The van der Waals surface area contributed by atoms with Gasteiger partial charge in [0.25, 0.3) is 0 Å². The Kier molecular flexibility index (Phi) is 7.26. The molecule has 0 atom stereocenters. The third-order valence-corrected chi connectivity index (χ3v) is 8.23. The summed E-state index contributed by atoms with van der Waals surface area (Å²) >= 11 is 0. The van der Waals surface area contributed by atoms with Gasteiger partial charge in [0, 0.05) is 32.1 Å². The van der Waals surface area contributed by atoms with Crippen molar-refractivity contribution in [1.29, 1.82) is 0 Å². The summed E-state index contributed by atoms with van der Waals surface area (Å²) in [5.74, 6) is -0.0719. The molecule has 172 valence electrons. The van der Waals surface area contributed by atoms with Gasteiger partial charge in [-0.05, 0) is 47.7 Å². The largest absolute Gasteiger partial charge is 0.338 e. The third kappa shape index (κ3) is 5.34. The highest BCUT2D eigenvalue weighted by Crippen LogP contribution is 2.27. The zero-order valence-corrected chi connectivity index (χ0v) is 19.6. The van der Waals surface area contributed by atoms with Crippen LogP contribution in [0.2, 0.25) is 0 Å². The molecule has 1 aliphatic heterocycles. The van der Waals surface area contributed by atoms with Gasteiger partial charge in [0.15, 0.2) is 0 Å². The van der Waals surface area contributed by atoms with Crippen molar-refractivity contribution in [1.82, 2.24) is 9.21 Å². The molecule has 6 heteroatoms. The monoisotopic (exact) mass is 462 g/mol. The molecule has 1 fully saturated rings. The van der Waals surface area contributed by atoms with E-state index >= 15 is 0 Å². The molecule has 0 radical (unpaired) electrons. The van der Waals surface area contributed by atoms with Crippen LogP contribution >= 0.6 is 0 Å². The first-order chi connectivity index (χ1) is 16.0. The zero-order chi connectivity index (χ0) is 23.3. The standard InChI is InChI=1S/C27H30N2O3S/c1-2-17-28(18-14-22-8-4-3-5-9-22)27(30)24-15-19-29(20-16-24)33(31,32)26-13-12-23-10-6-7-11-25(23)21-26/h2-13,21,24H,1,14-20H2. The summed E-state index contributed by atoms with van der Waals surface area (Å²) in [5, 5.41) is 1.92. The first kappa shape index (κ1) is 23.2. The van der Waals surface area contributed by atoms with E-state index in [1.165, 1.54) is 9.87 Å². The van der Waals surface area contributed by atoms with Gasteiger partial charge < -0.3 is 4.90 Å². The lowest BCUT2D eigenvalue weighted by Crippen LogP contribution is -2.45. The van der Waals surface area contributed by atoms with E-state index < -0.39 is 10.0 Å². The van der Waals surface area contributed by atoms with Gasteiger partial charge in [0.05, 0.1) is 4.90 Å². The average molecular weight is 463 g/mol. The molecule has 0 aliphatic carbocycles. The molecule has 1 amide bonds. The van der Waals surface area contributed by atoms with Gasteiger partial charge in [-0.1, -0.05) is 66.7 Å². The molecule has 4 rings (SSSR count). The van der Waals surface area contributed by atoms with Crippen molar-refractivity contribution in [2.45, 2.75) is 24.2 Å². The van der Waals surface area contributed by atoms with E-state index in [9.17, 15) is 13.2 Å². The van der Waals surface area contributed by atoms with E-state index in [4.69, 9.17) is 0 Å². The Morgan fingerprint density at radius 3 is 2.33 bits per heavy atom. The lowest BCUT2D eigenvalue weighted by molar-refractivity contribution is -0.136. The van der Waals surface area contributed by atoms with Gasteiger partial charge in [-0.2, -0.15) is 4.31 Å². The normalized spacial score (nSPS) is 15.4. The molecule has 1 heterocycles. The smallest absolute Gasteiger partial charge is 0.243 e. The zero-order valence-electron chi connectivity index (χ0n) is 18.8. The fourth-order valence-electron chi connectivity index (χ4n) is 4.43. The van der Waals surface area contributed by atoms with E-state index in [0.717, 1.165) is 17.2 Å². The number of benzene rings is 3. The van der Waals surface area contributed by atoms with Crippen LogP contribution < -0.4 is 0 Å². The molecular formula is C27H30N2O3S. The van der Waals surface area contributed by atoms with Crippen molar-refractivity contribution < 1.29 is 13.2 Å². The van der Waals surface area contributed by atoms with Crippen molar-refractivity contribution in [3.8, 4) is 0 Å². The molecule has 3 aromatic carbocycles. The first-order valence-electron chi connectivity index (χ1n) is 11.4. The Morgan fingerprint density at radius 2 is 1.64 bits per heavy atom. The highest BCUT2D eigenvalue weighted by Gasteiger charge is 2.33. The number of sulfonamides is 1. The number of rotatable bonds is 8. The van der Waals surface area contributed by atoms with Crippen LogP contribution in [0.4, 0.5) is 0 Å². The molecule has 1 aliphatic rings. The number of carbonyl (C=O) groups excluding carboxylic acids is 1. The lowest BCUT2D eigenvalue weighted by atomic mass is 9.96. The van der Waals surface area contributed by atoms with Crippen LogP contribution in [0.3, 0.4) is 0 Å². The molecule has 0 bridgehead atoms. The Bertz CT molecular complexity index is 1220. The van der Waals surface area contributed by atoms with E-state index in [2.05, 4.69) is 18.7 Å². The third-order valence-electron chi connectivity index (χ3n) is 6.34. The van der Waals surface area contributed by atoms with Gasteiger partial charge in [-0.15, -0.1) is 6.58 Å². The van der Waals surface area contributed by atoms with E-state index in [-0.39, 0.29) is 11.8 Å². The summed E-state index contributed by atoms with van der Waals surface area (Å²) in [6, 6.07) is 23.1. The minimum atomic E-state index is -3.59. The van der Waals surface area contributed by atoms with Crippen LogP contribution in [0, 0.1) is 5.92 Å². The van der Waals surface area contributed by atoms with E-state index in [1.54, 1.807) is 18.2 Å². The summed E-state index contributed by atoms with van der Waals surface area (Å²) in [5.41, 5.74) is 1.19. The summed E-state index contributed by atoms with van der Waals surface area (Å²) in [4.78, 5) is 15.3. The van der Waals surface area contributed by atoms with Crippen molar-refractivity contribution in [3.63, 3.8) is 0 Å². The molecule has 33 heavy (non-hydrogen) atoms. The minimum absolute atomic E-state index is 0.0913. The van der Waals surface area contributed by atoms with Crippen molar-refractivity contribution in [3.05, 3.63) is 91.0 Å². The Labute approximate surface area is 196 Å². The number of hydrogen-bond acceptors (Lipinski definition) is 3. The number of nitrogens with zero attached hydrogens (tertiary/aromatic N) is 2. The molecule has 1 saturated heterocycles. The molecular weight excluding hydrogens is 432 g/mol. The molecule has 0 N–H and O–H groups in total. The Hall–Kier alpha value is -2.96. The van der Waals surface area contributed by atoms with Gasteiger partial charge in [0.2, 0.25) is 15.9 Å². The number of amides is 1. The summed E-state index contributed by atoms with van der Waals surface area (Å²) in [6.07, 6.45) is 3.60. The topological polar surface area (TPSA) is 57.7 Å². The number of hydrogen-bond donors (Lipinski definition) is 0. The van der Waals surface area contributed by atoms with Crippen molar-refractivity contribution in [2.75, 3.05) is 26.2 Å². The molecule has 0 aromatic heterocycles. The van der Waals surface area contributed by atoms with Crippen LogP contribution in [0.5, 0.6) is 0 Å². The van der Waals surface area contributed by atoms with Gasteiger partial charge in [0.1, 0.15) is 0 Å². The second kappa shape index (κ2) is 10.3. The highest BCUT2D eigenvalue weighted by molar-refractivity contribution is 7.89. The minimum Gasteiger partial charge on any atom is -0.338 e. The predicted molar refractivity (Wildman–Crippen MR) is 132 cm³/mol. The summed E-state index contributed by atoms with van der Waals surface area (Å²) < 4.78 is 28.0. The Morgan fingerprint density at radius 1 is 0.970 bits per heavy atom. The van der Waals surface area contributed by atoms with Crippen LogP contribution in [-0.4, -0.2) is 49.7 Å². The SMILES string of the molecule is C=CCN(CCc1ccccc1)C(=O)C1CCN(S(=O)(=O)c2ccc3ccccc3c2)CC1. The molecule has 0 spiro atoms. The van der Waals surface area contributed by atoms with Crippen molar-refractivity contribution in [2.24, 2.45) is 5.92 Å². The summed E-state index contributed by atoms with van der Waals surface area (Å²) in [6.45, 7) is 5.64. The van der Waals surface area contributed by atoms with Gasteiger partial charge in [-0.3, -0.25) is 4.79 Å². The number of fused-ring (bicyclic) bond motifs is 1. The maximum Gasteiger partial charge on any atom is 0.243 e. The molecule has 0 unspecified atom stereocenters. The van der Waals surface area contributed by atoms with Crippen LogP contribution in [-0.2, 0) is 21.2 Å². The second-order valence-electron chi connectivity index (χ2n) is 8.50. The van der Waals surface area contributed by atoms with E-state index in [1.807, 2.05) is 53.4 Å². The van der Waals surface area contributed by atoms with E-state index in [0.29, 0.717) is 43.9 Å². The average Bonchev–Trinajstić information content (AvgIpc) is 2.86. The quantitative estimate of drug-likeness (QED) is 0.463. The first-order valence-corrected chi connectivity index (χ1v) is 12.9. The van der Waals surface area contributed by atoms with Crippen LogP contribution in [0.15, 0.2) is 90.3 Å². The fourth-order valence-corrected chi connectivity index (χ4v) is 5.94. The van der Waals surface area contributed by atoms with Crippen LogP contribution in [0.25, 0.3) is 10.8 Å². The maximum atomic E-state index is 13.2. The maximum absolute atomic E-state index is 13.2. The molecule has 0 saturated carbocycles. The highest BCUT2D eigenvalue weighted by atomic mass is 32.2. The van der Waals surface area contributed by atoms with Gasteiger partial charge in [-0.25, -0.2) is 8.42 Å². The van der Waals surface area contributed by atoms with Gasteiger partial charge >= 0.3 is 0 Å². The Balaban J connectivity index is 1.39. The van der Waals surface area contributed by atoms with Crippen molar-refractivity contribution >= 4 is 26.7 Å². The predicted octanol–water partition coefficient (Wildman–Crippen LogP) is 4.50. The number of piperidine rings is 1. The second-order valence-corrected chi connectivity index (χ2v) is 10.4. The lowest BCUT2D eigenvalue weighted by Gasteiger charge is -2.33. The molecule has 3 aromatic rings.